The van der Waals surface area contributed by atoms with E-state index in [-0.39, 0.29) is 5.97 Å². The van der Waals surface area contributed by atoms with Crippen LogP contribution in [0.1, 0.15) is 25.7 Å². The predicted molar refractivity (Wildman–Crippen MR) is 71.9 cm³/mol. The van der Waals surface area contributed by atoms with Gasteiger partial charge < -0.3 is 10.1 Å². The molecule has 0 spiro atoms. The zero-order chi connectivity index (χ0) is 12.8. The SMILES string of the molecule is O=C(CCC1CCNCC1)Oc1ccccc1Cl. The highest BCUT2D eigenvalue weighted by molar-refractivity contribution is 6.32. The van der Waals surface area contributed by atoms with E-state index in [0.29, 0.717) is 23.1 Å². The van der Waals surface area contributed by atoms with Crippen molar-refractivity contribution in [3.63, 3.8) is 0 Å². The fourth-order valence-electron chi connectivity index (χ4n) is 2.19. The summed E-state index contributed by atoms with van der Waals surface area (Å²) in [5.41, 5.74) is 0. The molecule has 4 heteroatoms. The third-order valence-corrected chi connectivity index (χ3v) is 3.59. The third-order valence-electron chi connectivity index (χ3n) is 3.28. The van der Waals surface area contributed by atoms with E-state index in [1.165, 1.54) is 0 Å². The lowest BCUT2D eigenvalue weighted by atomic mass is 9.93. The minimum Gasteiger partial charge on any atom is -0.425 e. The average Bonchev–Trinajstić information content (AvgIpc) is 2.40. The summed E-state index contributed by atoms with van der Waals surface area (Å²) in [5, 5.41) is 3.80. The summed E-state index contributed by atoms with van der Waals surface area (Å²) in [5.74, 6) is 0.904. The van der Waals surface area contributed by atoms with Crippen LogP contribution in [-0.2, 0) is 4.79 Å². The highest BCUT2D eigenvalue weighted by Gasteiger charge is 2.15. The van der Waals surface area contributed by atoms with E-state index in [0.717, 1.165) is 32.4 Å². The van der Waals surface area contributed by atoms with Crippen LogP contribution in [-0.4, -0.2) is 19.1 Å². The fourth-order valence-corrected chi connectivity index (χ4v) is 2.37. The van der Waals surface area contributed by atoms with E-state index in [1.54, 1.807) is 18.2 Å². The first-order valence-corrected chi connectivity index (χ1v) is 6.79. The standard InChI is InChI=1S/C14H18ClNO2/c15-12-3-1-2-4-13(12)18-14(17)6-5-11-7-9-16-10-8-11/h1-4,11,16H,5-10H2. The number of nitrogens with one attached hydrogen (secondary N) is 1. The molecule has 1 saturated heterocycles. The van der Waals surface area contributed by atoms with Crippen molar-refractivity contribution in [2.24, 2.45) is 5.92 Å². The molecule has 1 aromatic rings. The Morgan fingerprint density at radius 3 is 2.78 bits per heavy atom. The van der Waals surface area contributed by atoms with Gasteiger partial charge in [-0.25, -0.2) is 0 Å². The smallest absolute Gasteiger partial charge is 0.311 e. The average molecular weight is 268 g/mol. The van der Waals surface area contributed by atoms with Gasteiger partial charge in [-0.05, 0) is 50.4 Å². The number of carbonyl (C=O) groups excluding carboxylic acids is 1. The van der Waals surface area contributed by atoms with E-state index in [4.69, 9.17) is 16.3 Å². The Hall–Kier alpha value is -1.06. The number of halogens is 1. The number of para-hydroxylation sites is 1. The van der Waals surface area contributed by atoms with Gasteiger partial charge in [0.15, 0.2) is 0 Å². The summed E-state index contributed by atoms with van der Waals surface area (Å²) >= 11 is 5.93. The predicted octanol–water partition coefficient (Wildman–Crippen LogP) is 3.03. The molecule has 1 aliphatic rings. The minimum absolute atomic E-state index is 0.193. The number of hydrogen-bond acceptors (Lipinski definition) is 3. The zero-order valence-corrected chi connectivity index (χ0v) is 11.1. The largest absolute Gasteiger partial charge is 0.425 e. The van der Waals surface area contributed by atoms with Gasteiger partial charge in [0.25, 0.3) is 0 Å². The molecule has 1 aromatic carbocycles. The zero-order valence-electron chi connectivity index (χ0n) is 10.3. The van der Waals surface area contributed by atoms with Gasteiger partial charge in [-0.1, -0.05) is 23.7 Å². The lowest BCUT2D eigenvalue weighted by Gasteiger charge is -2.21. The van der Waals surface area contributed by atoms with Crippen LogP contribution < -0.4 is 10.1 Å². The van der Waals surface area contributed by atoms with Gasteiger partial charge in [0.2, 0.25) is 0 Å². The molecular weight excluding hydrogens is 250 g/mol. The van der Waals surface area contributed by atoms with Gasteiger partial charge >= 0.3 is 5.97 Å². The summed E-state index contributed by atoms with van der Waals surface area (Å²) < 4.78 is 5.25. The van der Waals surface area contributed by atoms with Crippen LogP contribution in [0.4, 0.5) is 0 Å². The van der Waals surface area contributed by atoms with Crippen molar-refractivity contribution >= 4 is 17.6 Å². The molecule has 0 amide bonds. The maximum absolute atomic E-state index is 11.7. The van der Waals surface area contributed by atoms with Gasteiger partial charge in [-0.3, -0.25) is 4.79 Å². The Labute approximate surface area is 112 Å². The first-order valence-electron chi connectivity index (χ1n) is 6.41. The summed E-state index contributed by atoms with van der Waals surface area (Å²) in [6, 6.07) is 7.05. The van der Waals surface area contributed by atoms with Crippen molar-refractivity contribution in [1.29, 1.82) is 0 Å². The Morgan fingerprint density at radius 2 is 2.06 bits per heavy atom. The van der Waals surface area contributed by atoms with Gasteiger partial charge in [0, 0.05) is 6.42 Å². The van der Waals surface area contributed by atoms with Crippen molar-refractivity contribution in [2.45, 2.75) is 25.7 Å². The highest BCUT2D eigenvalue weighted by atomic mass is 35.5. The summed E-state index contributed by atoms with van der Waals surface area (Å²) in [7, 11) is 0. The van der Waals surface area contributed by atoms with E-state index < -0.39 is 0 Å². The van der Waals surface area contributed by atoms with Crippen molar-refractivity contribution in [3.05, 3.63) is 29.3 Å². The van der Waals surface area contributed by atoms with Crippen LogP contribution in [0.5, 0.6) is 5.75 Å². The van der Waals surface area contributed by atoms with Crippen LogP contribution in [0, 0.1) is 5.92 Å². The number of carbonyl (C=O) groups is 1. The second-order valence-electron chi connectivity index (χ2n) is 4.64. The van der Waals surface area contributed by atoms with Crippen molar-refractivity contribution in [1.82, 2.24) is 5.32 Å². The van der Waals surface area contributed by atoms with E-state index in [2.05, 4.69) is 5.32 Å². The van der Waals surface area contributed by atoms with Gasteiger partial charge in [-0.2, -0.15) is 0 Å². The van der Waals surface area contributed by atoms with E-state index >= 15 is 0 Å². The Kier molecular flexibility index (Phi) is 5.02. The quantitative estimate of drug-likeness (QED) is 0.673. The summed E-state index contributed by atoms with van der Waals surface area (Å²) in [6.45, 7) is 2.12. The van der Waals surface area contributed by atoms with Crippen LogP contribution in [0.15, 0.2) is 24.3 Å². The van der Waals surface area contributed by atoms with Gasteiger partial charge in [0.1, 0.15) is 5.75 Å². The normalized spacial score (nSPS) is 16.5. The minimum atomic E-state index is -0.193. The van der Waals surface area contributed by atoms with Gasteiger partial charge in [0.05, 0.1) is 5.02 Å². The number of esters is 1. The number of ether oxygens (including phenoxy) is 1. The molecule has 0 radical (unpaired) electrons. The molecule has 1 N–H and O–H groups in total. The molecule has 1 aliphatic heterocycles. The third kappa shape index (κ3) is 4.00. The molecule has 0 aliphatic carbocycles. The maximum atomic E-state index is 11.7. The molecule has 1 heterocycles. The van der Waals surface area contributed by atoms with Crippen molar-refractivity contribution in [2.75, 3.05) is 13.1 Å². The summed E-state index contributed by atoms with van der Waals surface area (Å²) in [4.78, 5) is 11.7. The number of hydrogen-bond donors (Lipinski definition) is 1. The molecule has 0 atom stereocenters. The first-order chi connectivity index (χ1) is 8.75. The first kappa shape index (κ1) is 13.4. The van der Waals surface area contributed by atoms with Crippen LogP contribution >= 0.6 is 11.6 Å². The molecule has 3 nitrogen and oxygen atoms in total. The second kappa shape index (κ2) is 6.76. The lowest BCUT2D eigenvalue weighted by molar-refractivity contribution is -0.134. The van der Waals surface area contributed by atoms with E-state index in [1.807, 2.05) is 6.07 Å². The molecule has 0 bridgehead atoms. The Bertz CT molecular complexity index is 403. The molecule has 0 aromatic heterocycles. The van der Waals surface area contributed by atoms with Crippen molar-refractivity contribution in [3.8, 4) is 5.75 Å². The summed E-state index contributed by atoms with van der Waals surface area (Å²) in [6.07, 6.45) is 3.68. The maximum Gasteiger partial charge on any atom is 0.311 e. The van der Waals surface area contributed by atoms with Gasteiger partial charge in [-0.15, -0.1) is 0 Å². The fraction of sp³-hybridized carbons (Fsp3) is 0.500. The number of rotatable bonds is 4. The van der Waals surface area contributed by atoms with Crippen LogP contribution in [0.3, 0.4) is 0 Å². The monoisotopic (exact) mass is 267 g/mol. The van der Waals surface area contributed by atoms with Crippen LogP contribution in [0.2, 0.25) is 5.02 Å². The molecule has 2 rings (SSSR count). The molecular formula is C14H18ClNO2. The molecule has 1 fully saturated rings. The molecule has 98 valence electrons. The van der Waals surface area contributed by atoms with Crippen LogP contribution in [0.25, 0.3) is 0 Å². The molecule has 0 unspecified atom stereocenters. The molecule has 18 heavy (non-hydrogen) atoms. The topological polar surface area (TPSA) is 38.3 Å². The Balaban J connectivity index is 1.76. The molecule has 0 saturated carbocycles. The Morgan fingerprint density at radius 1 is 1.33 bits per heavy atom. The highest BCUT2D eigenvalue weighted by Crippen LogP contribution is 2.24. The number of benzene rings is 1. The van der Waals surface area contributed by atoms with Crippen molar-refractivity contribution < 1.29 is 9.53 Å². The second-order valence-corrected chi connectivity index (χ2v) is 5.04. The lowest BCUT2D eigenvalue weighted by Crippen LogP contribution is -2.28. The van der Waals surface area contributed by atoms with E-state index in [9.17, 15) is 4.79 Å². The number of piperidine rings is 1.